The van der Waals surface area contributed by atoms with Crippen molar-refractivity contribution in [3.05, 3.63) is 36.1 Å². The van der Waals surface area contributed by atoms with Gasteiger partial charge in [-0.2, -0.15) is 0 Å². The molecule has 0 saturated carbocycles. The number of furan rings is 1. The van der Waals surface area contributed by atoms with Crippen LogP contribution in [0.25, 0.3) is 17.0 Å². The first-order valence-corrected chi connectivity index (χ1v) is 11.3. The maximum Gasteiger partial charge on any atom is 0.328 e. The Morgan fingerprint density at radius 3 is 2.13 bits per heavy atom. The average molecular weight is 534 g/mol. The van der Waals surface area contributed by atoms with Gasteiger partial charge in [-0.05, 0) is 18.2 Å². The Morgan fingerprint density at radius 2 is 1.53 bits per heavy atom. The lowest BCUT2D eigenvalue weighted by Crippen LogP contribution is -2.63. The fraction of sp³-hybridized carbons (Fsp3) is 0.400. The highest BCUT2D eigenvalue weighted by Crippen LogP contribution is 2.34. The molecule has 2 aromatic rings. The van der Waals surface area contributed by atoms with Crippen molar-refractivity contribution < 1.29 is 61.9 Å². The van der Waals surface area contributed by atoms with Crippen LogP contribution in [0.5, 0.6) is 5.75 Å². The number of carboxylic acids is 1. The van der Waals surface area contributed by atoms with E-state index in [1.54, 1.807) is 12.1 Å². The highest BCUT2D eigenvalue weighted by Gasteiger charge is 2.53. The lowest BCUT2D eigenvalue weighted by Gasteiger charge is -2.44. The molecule has 1 aliphatic heterocycles. The number of hydrogen-bond acceptors (Lipinski definition) is 12. The van der Waals surface area contributed by atoms with Crippen molar-refractivity contribution in [2.75, 3.05) is 6.61 Å². The van der Waals surface area contributed by atoms with Gasteiger partial charge in [-0.1, -0.05) is 0 Å². The SMILES string of the molecule is CC(=O)OC[C@H]1O[C@@H](Oc2cc3occc3cc2C=CC(=O)O)[C@H](OC(C)=O)[C@@H](OC(C)=O)[C@@H]1OC(C)=O. The van der Waals surface area contributed by atoms with E-state index in [1.807, 2.05) is 0 Å². The average Bonchev–Trinajstić information content (AvgIpc) is 3.26. The third kappa shape index (κ3) is 7.32. The first-order chi connectivity index (χ1) is 17.9. The van der Waals surface area contributed by atoms with Gasteiger partial charge in [-0.15, -0.1) is 0 Å². The van der Waals surface area contributed by atoms with E-state index in [1.165, 1.54) is 18.4 Å². The zero-order chi connectivity index (χ0) is 28.0. The molecule has 5 atom stereocenters. The van der Waals surface area contributed by atoms with Gasteiger partial charge in [0.15, 0.2) is 12.2 Å². The monoisotopic (exact) mass is 534 g/mol. The van der Waals surface area contributed by atoms with Gasteiger partial charge in [0.1, 0.15) is 24.0 Å². The summed E-state index contributed by atoms with van der Waals surface area (Å²) >= 11 is 0. The highest BCUT2D eigenvalue weighted by atomic mass is 16.7. The summed E-state index contributed by atoms with van der Waals surface area (Å²) in [4.78, 5) is 58.5. The minimum Gasteiger partial charge on any atom is -0.478 e. The highest BCUT2D eigenvalue weighted by molar-refractivity contribution is 5.89. The fourth-order valence-corrected chi connectivity index (χ4v) is 3.81. The van der Waals surface area contributed by atoms with Gasteiger partial charge in [0.25, 0.3) is 0 Å². The van der Waals surface area contributed by atoms with Crippen LogP contribution in [-0.4, -0.2) is 72.3 Å². The number of hydrogen-bond donors (Lipinski definition) is 1. The molecule has 0 radical (unpaired) electrons. The van der Waals surface area contributed by atoms with Crippen LogP contribution in [0.4, 0.5) is 0 Å². The summed E-state index contributed by atoms with van der Waals surface area (Å²) < 4.78 is 38.5. The molecule has 204 valence electrons. The van der Waals surface area contributed by atoms with Crippen LogP contribution in [-0.2, 0) is 47.7 Å². The van der Waals surface area contributed by atoms with Gasteiger partial charge >= 0.3 is 29.8 Å². The molecule has 38 heavy (non-hydrogen) atoms. The largest absolute Gasteiger partial charge is 0.478 e. The van der Waals surface area contributed by atoms with Gasteiger partial charge in [0.05, 0.1) is 6.26 Å². The van der Waals surface area contributed by atoms with Crippen LogP contribution in [0.1, 0.15) is 33.3 Å². The van der Waals surface area contributed by atoms with Crippen LogP contribution in [0.2, 0.25) is 0 Å². The summed E-state index contributed by atoms with van der Waals surface area (Å²) in [5.41, 5.74) is 0.687. The number of carbonyl (C=O) groups is 5. The third-order valence-corrected chi connectivity index (χ3v) is 5.18. The Balaban J connectivity index is 2.08. The molecular formula is C25H26O13. The lowest BCUT2D eigenvalue weighted by molar-refractivity contribution is -0.288. The van der Waals surface area contributed by atoms with E-state index in [9.17, 15) is 24.0 Å². The molecule has 1 saturated heterocycles. The predicted octanol–water partition coefficient (Wildman–Crippen LogP) is 1.99. The second-order valence-electron chi connectivity index (χ2n) is 8.21. The number of ether oxygens (including phenoxy) is 6. The minimum atomic E-state index is -1.50. The molecule has 0 amide bonds. The van der Waals surface area contributed by atoms with Crippen LogP contribution in [0.3, 0.4) is 0 Å². The number of aliphatic carboxylic acids is 1. The molecule has 0 unspecified atom stereocenters. The van der Waals surface area contributed by atoms with Crippen LogP contribution >= 0.6 is 0 Å². The normalized spacial score (nSPS) is 23.0. The van der Waals surface area contributed by atoms with E-state index in [0.29, 0.717) is 16.5 Å². The molecule has 0 spiro atoms. The Labute approximate surface area is 216 Å². The smallest absolute Gasteiger partial charge is 0.328 e. The topological polar surface area (TPSA) is 174 Å². The van der Waals surface area contributed by atoms with Gasteiger partial charge in [0, 0.05) is 50.8 Å². The van der Waals surface area contributed by atoms with Crippen molar-refractivity contribution in [3.63, 3.8) is 0 Å². The van der Waals surface area contributed by atoms with Crippen LogP contribution in [0, 0.1) is 0 Å². The summed E-state index contributed by atoms with van der Waals surface area (Å²) in [7, 11) is 0. The Kier molecular flexibility index (Phi) is 9.07. The molecule has 13 heteroatoms. The lowest BCUT2D eigenvalue weighted by atomic mass is 9.98. The molecule has 1 fully saturated rings. The zero-order valence-corrected chi connectivity index (χ0v) is 20.9. The van der Waals surface area contributed by atoms with Crippen LogP contribution in [0.15, 0.2) is 35.0 Å². The zero-order valence-electron chi connectivity index (χ0n) is 20.9. The number of benzene rings is 1. The quantitative estimate of drug-likeness (QED) is 0.281. The molecule has 1 N–H and O–H groups in total. The van der Waals surface area contributed by atoms with Crippen LogP contribution < -0.4 is 4.74 Å². The number of carboxylic acid groups (broad SMARTS) is 1. The van der Waals surface area contributed by atoms with Gasteiger partial charge in [-0.25, -0.2) is 4.79 Å². The molecule has 2 heterocycles. The molecular weight excluding hydrogens is 508 g/mol. The molecule has 0 bridgehead atoms. The maximum absolute atomic E-state index is 12.0. The second-order valence-corrected chi connectivity index (χ2v) is 8.21. The van der Waals surface area contributed by atoms with Gasteiger partial charge in [-0.3, -0.25) is 19.2 Å². The molecule has 13 nitrogen and oxygen atoms in total. The van der Waals surface area contributed by atoms with Crippen molar-refractivity contribution in [3.8, 4) is 5.75 Å². The van der Waals surface area contributed by atoms with E-state index in [0.717, 1.165) is 33.8 Å². The van der Waals surface area contributed by atoms with Crippen molar-refractivity contribution in [2.24, 2.45) is 0 Å². The van der Waals surface area contributed by atoms with Crippen molar-refractivity contribution in [2.45, 2.75) is 58.4 Å². The number of esters is 4. The summed E-state index contributed by atoms with van der Waals surface area (Å²) in [5, 5.41) is 9.74. The maximum atomic E-state index is 12.0. The Hall–Kier alpha value is -4.39. The molecule has 0 aliphatic carbocycles. The molecule has 3 rings (SSSR count). The molecule has 1 aromatic heterocycles. The van der Waals surface area contributed by atoms with E-state index in [-0.39, 0.29) is 5.75 Å². The summed E-state index contributed by atoms with van der Waals surface area (Å²) in [6.45, 7) is 4.03. The van der Waals surface area contributed by atoms with Crippen molar-refractivity contribution in [1.29, 1.82) is 0 Å². The van der Waals surface area contributed by atoms with E-state index in [4.69, 9.17) is 37.9 Å². The second kappa shape index (κ2) is 12.2. The summed E-state index contributed by atoms with van der Waals surface area (Å²) in [6, 6.07) is 4.72. The van der Waals surface area contributed by atoms with E-state index in [2.05, 4.69) is 0 Å². The fourth-order valence-electron chi connectivity index (χ4n) is 3.81. The molecule has 1 aliphatic rings. The first kappa shape index (κ1) is 28.2. The number of fused-ring (bicyclic) bond motifs is 1. The van der Waals surface area contributed by atoms with Crippen molar-refractivity contribution >= 4 is 46.9 Å². The summed E-state index contributed by atoms with van der Waals surface area (Å²) in [6.07, 6.45) is -3.36. The minimum absolute atomic E-state index is 0.0610. The Bertz CT molecular complexity index is 1240. The van der Waals surface area contributed by atoms with Crippen molar-refractivity contribution in [1.82, 2.24) is 0 Å². The first-order valence-electron chi connectivity index (χ1n) is 11.3. The standard InChI is InChI=1S/C25H26O13/c1-12(26)33-11-20-22(34-13(2)27)23(35-14(3)28)24(36-15(4)29)25(38-20)37-19-10-18-17(7-8-32-18)9-16(19)5-6-21(30)31/h5-10,20,22-25H,11H2,1-4H3,(H,30,31)/t20-,22-,23+,24-,25-/m1/s1. The predicted molar refractivity (Wildman–Crippen MR) is 125 cm³/mol. The van der Waals surface area contributed by atoms with Gasteiger partial charge in [0.2, 0.25) is 12.4 Å². The van der Waals surface area contributed by atoms with Gasteiger partial charge < -0.3 is 37.9 Å². The number of carbonyl (C=O) groups excluding carboxylic acids is 4. The molecule has 1 aromatic carbocycles. The van der Waals surface area contributed by atoms with E-state index >= 15 is 0 Å². The number of rotatable bonds is 9. The summed E-state index contributed by atoms with van der Waals surface area (Å²) in [5.74, 6) is -4.17. The van der Waals surface area contributed by atoms with E-state index < -0.39 is 67.2 Å². The third-order valence-electron chi connectivity index (χ3n) is 5.18. The Morgan fingerprint density at radius 1 is 0.895 bits per heavy atom.